The lowest BCUT2D eigenvalue weighted by molar-refractivity contribution is 0.0657. The zero-order valence-corrected chi connectivity index (χ0v) is 18.5. The van der Waals surface area contributed by atoms with E-state index in [-0.39, 0.29) is 29.9 Å². The van der Waals surface area contributed by atoms with Gasteiger partial charge in [0.15, 0.2) is 11.7 Å². The number of imidazole rings is 1. The molecule has 0 spiro atoms. The van der Waals surface area contributed by atoms with E-state index < -0.39 is 0 Å². The Balaban J connectivity index is 0.00000225. The van der Waals surface area contributed by atoms with Gasteiger partial charge >= 0.3 is 0 Å². The number of nitrogens with one attached hydrogen (secondary N) is 1. The van der Waals surface area contributed by atoms with Gasteiger partial charge in [0, 0.05) is 52.4 Å². The smallest absolute Gasteiger partial charge is 0.289 e. The van der Waals surface area contributed by atoms with Crippen LogP contribution in [0.15, 0.2) is 34.0 Å². The molecular formula is C19H27IN6O2. The minimum Gasteiger partial charge on any atom is -0.459 e. The second kappa shape index (κ2) is 9.44. The number of halogens is 1. The Labute approximate surface area is 182 Å². The topological polar surface area (TPSA) is 78.9 Å². The molecule has 0 aromatic carbocycles. The lowest BCUT2D eigenvalue weighted by Crippen LogP contribution is -2.53. The lowest BCUT2D eigenvalue weighted by Gasteiger charge is -2.36. The molecule has 1 amide bonds. The molecule has 28 heavy (non-hydrogen) atoms. The van der Waals surface area contributed by atoms with Gasteiger partial charge in [-0.25, -0.2) is 4.98 Å². The van der Waals surface area contributed by atoms with Gasteiger partial charge < -0.3 is 24.1 Å². The van der Waals surface area contributed by atoms with Crippen LogP contribution in [0.2, 0.25) is 0 Å². The Morgan fingerprint density at radius 2 is 2.00 bits per heavy atom. The molecule has 1 fully saturated rings. The fourth-order valence-electron chi connectivity index (χ4n) is 3.74. The molecule has 1 N–H and O–H groups in total. The van der Waals surface area contributed by atoms with Crippen molar-refractivity contribution in [2.45, 2.75) is 32.4 Å². The van der Waals surface area contributed by atoms with Crippen molar-refractivity contribution in [2.75, 3.05) is 33.2 Å². The molecule has 0 unspecified atom stereocenters. The zero-order valence-electron chi connectivity index (χ0n) is 16.1. The molecule has 0 bridgehead atoms. The number of aliphatic imine (C=N–C) groups is 1. The van der Waals surface area contributed by atoms with Crippen molar-refractivity contribution in [3.8, 4) is 0 Å². The summed E-state index contributed by atoms with van der Waals surface area (Å²) in [6.45, 7) is 4.52. The molecule has 0 saturated carbocycles. The number of aryl methyl sites for hydroxylation is 2. The number of nitrogens with zero attached hydrogens (tertiary/aromatic N) is 5. The highest BCUT2D eigenvalue weighted by Gasteiger charge is 2.25. The van der Waals surface area contributed by atoms with Crippen molar-refractivity contribution in [1.29, 1.82) is 0 Å². The summed E-state index contributed by atoms with van der Waals surface area (Å²) < 4.78 is 7.48. The Morgan fingerprint density at radius 1 is 1.21 bits per heavy atom. The van der Waals surface area contributed by atoms with Crippen LogP contribution in [0.5, 0.6) is 0 Å². The number of hydrogen-bond acceptors (Lipinski definition) is 4. The van der Waals surface area contributed by atoms with Crippen LogP contribution in [0.1, 0.15) is 34.9 Å². The van der Waals surface area contributed by atoms with E-state index in [1.807, 2.05) is 4.90 Å². The van der Waals surface area contributed by atoms with Crippen molar-refractivity contribution >= 4 is 35.8 Å². The van der Waals surface area contributed by atoms with Crippen LogP contribution in [0.25, 0.3) is 0 Å². The fraction of sp³-hybridized carbons (Fsp3) is 0.526. The van der Waals surface area contributed by atoms with Crippen LogP contribution in [0.3, 0.4) is 0 Å². The van der Waals surface area contributed by atoms with E-state index in [0.29, 0.717) is 25.4 Å². The van der Waals surface area contributed by atoms with Gasteiger partial charge in [0.2, 0.25) is 0 Å². The molecular weight excluding hydrogens is 471 g/mol. The number of hydrogen-bond donors (Lipinski definition) is 1. The third-order valence-electron chi connectivity index (χ3n) is 5.20. The first-order valence-corrected chi connectivity index (χ1v) is 9.58. The molecule has 4 heterocycles. The standard InChI is InChI=1S/C19H26N6O2.HI/c1-20-19(21-13-15-14-25-7-3-2-6-17(25)22-15)24-10-8-23(9-11-24)18(26)16-5-4-12-27-16;/h4-5,12,14H,2-3,6-11,13H2,1H3,(H,20,21);1H. The summed E-state index contributed by atoms with van der Waals surface area (Å²) in [5, 5.41) is 3.41. The predicted octanol–water partition coefficient (Wildman–Crippen LogP) is 1.96. The van der Waals surface area contributed by atoms with Gasteiger partial charge in [-0.05, 0) is 25.0 Å². The average Bonchev–Trinajstić information content (AvgIpc) is 3.38. The Hall–Kier alpha value is -2.04. The summed E-state index contributed by atoms with van der Waals surface area (Å²) in [6, 6.07) is 3.45. The van der Waals surface area contributed by atoms with Crippen LogP contribution in [0, 0.1) is 0 Å². The monoisotopic (exact) mass is 498 g/mol. The molecule has 2 aromatic rings. The summed E-state index contributed by atoms with van der Waals surface area (Å²) in [5.41, 5.74) is 1.06. The number of rotatable bonds is 3. The maximum atomic E-state index is 12.4. The number of carbonyl (C=O) groups is 1. The molecule has 152 valence electrons. The van der Waals surface area contributed by atoms with Crippen LogP contribution in [-0.4, -0.2) is 64.4 Å². The summed E-state index contributed by atoms with van der Waals surface area (Å²) in [6.07, 6.45) is 7.21. The van der Waals surface area contributed by atoms with Gasteiger partial charge in [-0.2, -0.15) is 0 Å². The first-order chi connectivity index (χ1) is 13.2. The highest BCUT2D eigenvalue weighted by atomic mass is 127. The third kappa shape index (κ3) is 4.50. The highest BCUT2D eigenvalue weighted by molar-refractivity contribution is 14.0. The number of carbonyl (C=O) groups excluding carboxylic acids is 1. The molecule has 0 atom stereocenters. The van der Waals surface area contributed by atoms with E-state index in [2.05, 4.69) is 26.0 Å². The van der Waals surface area contributed by atoms with E-state index in [9.17, 15) is 4.79 Å². The largest absolute Gasteiger partial charge is 0.459 e. The second-order valence-electron chi connectivity index (χ2n) is 6.96. The molecule has 0 aliphatic carbocycles. The molecule has 2 aliphatic rings. The van der Waals surface area contributed by atoms with Crippen molar-refractivity contribution in [1.82, 2.24) is 24.7 Å². The number of piperazine rings is 1. The summed E-state index contributed by atoms with van der Waals surface area (Å²) in [5.74, 6) is 2.39. The van der Waals surface area contributed by atoms with Crippen LogP contribution < -0.4 is 5.32 Å². The third-order valence-corrected chi connectivity index (χ3v) is 5.20. The summed E-state index contributed by atoms with van der Waals surface area (Å²) in [4.78, 5) is 25.5. The SMILES string of the molecule is CN=C(NCc1cn2c(n1)CCCC2)N1CCN(C(=O)c2ccco2)CC1.I. The minimum absolute atomic E-state index is 0. The number of fused-ring (bicyclic) bond motifs is 1. The van der Waals surface area contributed by atoms with Gasteiger partial charge in [0.05, 0.1) is 18.5 Å². The molecule has 2 aliphatic heterocycles. The Kier molecular flexibility index (Phi) is 6.97. The normalized spacial score (nSPS) is 17.1. The first-order valence-electron chi connectivity index (χ1n) is 9.58. The van der Waals surface area contributed by atoms with E-state index in [4.69, 9.17) is 9.40 Å². The number of guanidine groups is 1. The van der Waals surface area contributed by atoms with Crippen molar-refractivity contribution in [3.05, 3.63) is 41.9 Å². The molecule has 9 heteroatoms. The molecule has 2 aromatic heterocycles. The van der Waals surface area contributed by atoms with Gasteiger partial charge in [-0.1, -0.05) is 0 Å². The van der Waals surface area contributed by atoms with Gasteiger partial charge in [0.1, 0.15) is 5.82 Å². The maximum Gasteiger partial charge on any atom is 0.289 e. The van der Waals surface area contributed by atoms with Crippen LogP contribution in [0.4, 0.5) is 0 Å². The van der Waals surface area contributed by atoms with Gasteiger partial charge in [-0.15, -0.1) is 24.0 Å². The number of amides is 1. The van der Waals surface area contributed by atoms with E-state index in [1.54, 1.807) is 19.2 Å². The molecule has 4 rings (SSSR count). The van der Waals surface area contributed by atoms with Gasteiger partial charge in [0.25, 0.3) is 5.91 Å². The molecule has 0 radical (unpaired) electrons. The fourth-order valence-corrected chi connectivity index (χ4v) is 3.74. The number of aromatic nitrogens is 2. The second-order valence-corrected chi connectivity index (χ2v) is 6.96. The van der Waals surface area contributed by atoms with E-state index in [1.165, 1.54) is 24.9 Å². The summed E-state index contributed by atoms with van der Waals surface area (Å²) in [7, 11) is 1.79. The van der Waals surface area contributed by atoms with Crippen molar-refractivity contribution < 1.29 is 9.21 Å². The van der Waals surface area contributed by atoms with Crippen LogP contribution in [-0.2, 0) is 19.5 Å². The van der Waals surface area contributed by atoms with E-state index >= 15 is 0 Å². The van der Waals surface area contributed by atoms with Gasteiger partial charge in [-0.3, -0.25) is 9.79 Å². The maximum absolute atomic E-state index is 12.4. The quantitative estimate of drug-likeness (QED) is 0.398. The van der Waals surface area contributed by atoms with E-state index in [0.717, 1.165) is 37.7 Å². The Bertz CT molecular complexity index is 785. The molecule has 8 nitrogen and oxygen atoms in total. The summed E-state index contributed by atoms with van der Waals surface area (Å²) >= 11 is 0. The lowest BCUT2D eigenvalue weighted by atomic mass is 10.2. The van der Waals surface area contributed by atoms with Crippen molar-refractivity contribution in [2.24, 2.45) is 4.99 Å². The molecule has 1 saturated heterocycles. The predicted molar refractivity (Wildman–Crippen MR) is 117 cm³/mol. The minimum atomic E-state index is -0.0498. The zero-order chi connectivity index (χ0) is 18.6. The first kappa shape index (κ1) is 20.7. The highest BCUT2D eigenvalue weighted by Crippen LogP contribution is 2.14. The van der Waals surface area contributed by atoms with Crippen LogP contribution >= 0.6 is 24.0 Å². The number of furan rings is 1. The Morgan fingerprint density at radius 3 is 2.68 bits per heavy atom. The van der Waals surface area contributed by atoms with Crippen molar-refractivity contribution in [3.63, 3.8) is 0 Å². The average molecular weight is 498 g/mol.